The van der Waals surface area contributed by atoms with Crippen LogP contribution in [0.1, 0.15) is 25.7 Å². The van der Waals surface area contributed by atoms with E-state index in [0.717, 1.165) is 18.5 Å². The van der Waals surface area contributed by atoms with Crippen molar-refractivity contribution in [1.29, 1.82) is 0 Å². The van der Waals surface area contributed by atoms with Gasteiger partial charge in [0.1, 0.15) is 0 Å². The van der Waals surface area contributed by atoms with Crippen LogP contribution < -0.4 is 0 Å². The fraction of sp³-hybridized carbons (Fsp3) is 1.00. The molecule has 82 valence electrons. The van der Waals surface area contributed by atoms with Gasteiger partial charge in [-0.05, 0) is 31.6 Å². The summed E-state index contributed by atoms with van der Waals surface area (Å²) in [6.07, 6.45) is 5.54. The van der Waals surface area contributed by atoms with E-state index in [-0.39, 0.29) is 6.29 Å². The zero-order valence-corrected chi connectivity index (χ0v) is 9.24. The maximum atomic E-state index is 5.25. The molecule has 0 bridgehead atoms. The molecule has 0 aromatic heterocycles. The van der Waals surface area contributed by atoms with Crippen LogP contribution in [0.25, 0.3) is 0 Å². The van der Waals surface area contributed by atoms with Crippen LogP contribution in [-0.4, -0.2) is 44.5 Å². The number of rotatable bonds is 7. The van der Waals surface area contributed by atoms with Gasteiger partial charge in [0.15, 0.2) is 6.29 Å². The lowest BCUT2D eigenvalue weighted by atomic mass is 10.3. The van der Waals surface area contributed by atoms with Crippen molar-refractivity contribution < 1.29 is 9.47 Å². The molecule has 0 aromatic rings. The highest BCUT2D eigenvalue weighted by molar-refractivity contribution is 4.88. The maximum Gasteiger partial charge on any atom is 0.169 e. The van der Waals surface area contributed by atoms with Crippen LogP contribution in [-0.2, 0) is 9.47 Å². The minimum absolute atomic E-state index is 0.0469. The number of methoxy groups -OCH3 is 2. The quantitative estimate of drug-likeness (QED) is 0.580. The molecule has 2 rings (SSSR count). The minimum atomic E-state index is -0.0469. The van der Waals surface area contributed by atoms with E-state index in [2.05, 4.69) is 4.90 Å². The van der Waals surface area contributed by atoms with Gasteiger partial charge in [-0.3, -0.25) is 4.90 Å². The van der Waals surface area contributed by atoms with Gasteiger partial charge in [-0.1, -0.05) is 0 Å². The number of hydrogen-bond donors (Lipinski definition) is 0. The molecule has 14 heavy (non-hydrogen) atoms. The van der Waals surface area contributed by atoms with Gasteiger partial charge in [0.2, 0.25) is 0 Å². The zero-order chi connectivity index (χ0) is 9.97. The Hall–Kier alpha value is -0.120. The van der Waals surface area contributed by atoms with Gasteiger partial charge in [0, 0.05) is 33.4 Å². The molecule has 0 spiro atoms. The Morgan fingerprint density at radius 3 is 2.21 bits per heavy atom. The van der Waals surface area contributed by atoms with Crippen LogP contribution in [0, 0.1) is 5.92 Å². The zero-order valence-electron chi connectivity index (χ0n) is 9.24. The third-order valence-corrected chi connectivity index (χ3v) is 3.16. The fourth-order valence-electron chi connectivity index (χ4n) is 1.88. The molecule has 0 unspecified atom stereocenters. The minimum Gasteiger partial charge on any atom is -0.355 e. The van der Waals surface area contributed by atoms with Crippen molar-refractivity contribution in [3.05, 3.63) is 0 Å². The summed E-state index contributed by atoms with van der Waals surface area (Å²) in [5.74, 6) is 0.963. The standard InChI is InChI=1S/C11H21NO2/c1-13-11(14-2)8-12(10-5-6-10)7-9-3-4-9/h9-11H,3-8H2,1-2H3. The predicted molar refractivity (Wildman–Crippen MR) is 55.1 cm³/mol. The molecule has 0 heterocycles. The SMILES string of the molecule is COC(CN(CC1CC1)C1CC1)OC. The van der Waals surface area contributed by atoms with Crippen LogP contribution in [0.15, 0.2) is 0 Å². The molecule has 0 N–H and O–H groups in total. The molecule has 0 atom stereocenters. The molecule has 0 amide bonds. The van der Waals surface area contributed by atoms with Crippen molar-refractivity contribution in [2.75, 3.05) is 27.3 Å². The number of nitrogens with zero attached hydrogens (tertiary/aromatic N) is 1. The lowest BCUT2D eigenvalue weighted by Gasteiger charge is -2.25. The second kappa shape index (κ2) is 4.60. The molecule has 2 aliphatic rings. The van der Waals surface area contributed by atoms with E-state index >= 15 is 0 Å². The van der Waals surface area contributed by atoms with Crippen molar-refractivity contribution in [3.63, 3.8) is 0 Å². The van der Waals surface area contributed by atoms with Crippen molar-refractivity contribution in [2.24, 2.45) is 5.92 Å². The summed E-state index contributed by atoms with van der Waals surface area (Å²) in [6.45, 7) is 2.20. The number of ether oxygens (including phenoxy) is 2. The Morgan fingerprint density at radius 1 is 1.14 bits per heavy atom. The lowest BCUT2D eigenvalue weighted by molar-refractivity contribution is -0.117. The highest BCUT2D eigenvalue weighted by Gasteiger charge is 2.34. The molecule has 2 fully saturated rings. The summed E-state index contributed by atoms with van der Waals surface area (Å²) in [5, 5.41) is 0. The second-order valence-electron chi connectivity index (χ2n) is 4.53. The fourth-order valence-corrected chi connectivity index (χ4v) is 1.88. The lowest BCUT2D eigenvalue weighted by Crippen LogP contribution is -2.37. The van der Waals surface area contributed by atoms with Gasteiger partial charge in [-0.15, -0.1) is 0 Å². The van der Waals surface area contributed by atoms with Crippen LogP contribution in [0.5, 0.6) is 0 Å². The van der Waals surface area contributed by atoms with Crippen molar-refractivity contribution in [2.45, 2.75) is 38.0 Å². The van der Waals surface area contributed by atoms with Gasteiger partial charge in [0.05, 0.1) is 0 Å². The molecular weight excluding hydrogens is 178 g/mol. The Morgan fingerprint density at radius 2 is 1.79 bits per heavy atom. The first-order valence-corrected chi connectivity index (χ1v) is 5.63. The van der Waals surface area contributed by atoms with Gasteiger partial charge in [0.25, 0.3) is 0 Å². The highest BCUT2D eigenvalue weighted by atomic mass is 16.7. The molecular formula is C11H21NO2. The van der Waals surface area contributed by atoms with Crippen LogP contribution in [0.2, 0.25) is 0 Å². The van der Waals surface area contributed by atoms with Crippen molar-refractivity contribution in [1.82, 2.24) is 4.90 Å². The van der Waals surface area contributed by atoms with E-state index in [1.165, 1.54) is 32.2 Å². The van der Waals surface area contributed by atoms with Gasteiger partial charge in [-0.2, -0.15) is 0 Å². The Balaban J connectivity index is 1.76. The summed E-state index contributed by atoms with van der Waals surface area (Å²) >= 11 is 0. The van der Waals surface area contributed by atoms with E-state index in [0.29, 0.717) is 0 Å². The molecule has 0 aliphatic heterocycles. The first kappa shape index (κ1) is 10.4. The number of hydrogen-bond acceptors (Lipinski definition) is 3. The molecule has 0 radical (unpaired) electrons. The van der Waals surface area contributed by atoms with Gasteiger partial charge >= 0.3 is 0 Å². The topological polar surface area (TPSA) is 21.7 Å². The largest absolute Gasteiger partial charge is 0.355 e. The monoisotopic (exact) mass is 199 g/mol. The Labute approximate surface area is 86.4 Å². The third-order valence-electron chi connectivity index (χ3n) is 3.16. The average Bonchev–Trinajstić information content (AvgIpc) is 3.03. The van der Waals surface area contributed by atoms with Crippen LogP contribution in [0.3, 0.4) is 0 Å². The molecule has 0 aromatic carbocycles. The Bertz CT molecular complexity index is 174. The van der Waals surface area contributed by atoms with Gasteiger partial charge in [-0.25, -0.2) is 0 Å². The van der Waals surface area contributed by atoms with Crippen LogP contribution in [0.4, 0.5) is 0 Å². The van der Waals surface area contributed by atoms with E-state index in [1.807, 2.05) is 0 Å². The molecule has 3 nitrogen and oxygen atoms in total. The van der Waals surface area contributed by atoms with Crippen molar-refractivity contribution in [3.8, 4) is 0 Å². The summed E-state index contributed by atoms with van der Waals surface area (Å²) in [6, 6.07) is 0.823. The highest BCUT2D eigenvalue weighted by Crippen LogP contribution is 2.34. The smallest absolute Gasteiger partial charge is 0.169 e. The van der Waals surface area contributed by atoms with E-state index in [1.54, 1.807) is 14.2 Å². The average molecular weight is 199 g/mol. The van der Waals surface area contributed by atoms with E-state index in [4.69, 9.17) is 9.47 Å². The Kier molecular flexibility index (Phi) is 3.42. The normalized spacial score (nSPS) is 22.3. The molecule has 3 heteroatoms. The first-order valence-electron chi connectivity index (χ1n) is 5.63. The van der Waals surface area contributed by atoms with Gasteiger partial charge < -0.3 is 9.47 Å². The van der Waals surface area contributed by atoms with Crippen LogP contribution >= 0.6 is 0 Å². The summed E-state index contributed by atoms with van der Waals surface area (Å²) in [4.78, 5) is 2.55. The summed E-state index contributed by atoms with van der Waals surface area (Å²) in [7, 11) is 3.44. The van der Waals surface area contributed by atoms with E-state index < -0.39 is 0 Å². The molecule has 0 saturated heterocycles. The van der Waals surface area contributed by atoms with Crippen molar-refractivity contribution >= 4 is 0 Å². The third kappa shape index (κ3) is 2.94. The maximum absolute atomic E-state index is 5.25. The molecule has 2 saturated carbocycles. The summed E-state index contributed by atoms with van der Waals surface area (Å²) < 4.78 is 10.5. The molecule has 2 aliphatic carbocycles. The summed E-state index contributed by atoms with van der Waals surface area (Å²) in [5.41, 5.74) is 0. The second-order valence-corrected chi connectivity index (χ2v) is 4.53. The first-order chi connectivity index (χ1) is 6.83. The predicted octanol–water partition coefficient (Wildman–Crippen LogP) is 1.48. The van der Waals surface area contributed by atoms with E-state index in [9.17, 15) is 0 Å².